The number of hydrogen-bond acceptors (Lipinski definition) is 5. The zero-order valence-electron chi connectivity index (χ0n) is 15.4. The van der Waals surface area contributed by atoms with Gasteiger partial charge < -0.3 is 15.2 Å². The lowest BCUT2D eigenvalue weighted by Gasteiger charge is -2.35. The van der Waals surface area contributed by atoms with E-state index in [9.17, 15) is 19.5 Å². The number of halogens is 2. The third-order valence-electron chi connectivity index (χ3n) is 5.33. The molecule has 2 aromatic carbocycles. The normalized spacial score (nSPS) is 30.1. The molecule has 2 N–H and O–H groups in total. The van der Waals surface area contributed by atoms with Gasteiger partial charge in [0, 0.05) is 21.4 Å². The Bertz CT molecular complexity index is 1070. The van der Waals surface area contributed by atoms with Gasteiger partial charge in [0.15, 0.2) is 11.5 Å². The van der Waals surface area contributed by atoms with Gasteiger partial charge in [0.2, 0.25) is 11.2 Å². The van der Waals surface area contributed by atoms with E-state index in [2.05, 4.69) is 5.32 Å². The summed E-state index contributed by atoms with van der Waals surface area (Å²) in [5.41, 5.74) is -5.86. The first-order valence-corrected chi connectivity index (χ1v) is 9.44. The molecule has 2 aliphatic heterocycles. The van der Waals surface area contributed by atoms with Crippen LogP contribution in [-0.2, 0) is 19.1 Å². The van der Waals surface area contributed by atoms with Crippen LogP contribution in [0.3, 0.4) is 0 Å². The molecule has 4 rings (SSSR count). The molecule has 3 atom stereocenters. The van der Waals surface area contributed by atoms with E-state index in [1.54, 1.807) is 36.4 Å². The molecule has 2 fully saturated rings. The predicted molar refractivity (Wildman–Crippen MR) is 107 cm³/mol. The van der Waals surface area contributed by atoms with Crippen LogP contribution >= 0.6 is 23.2 Å². The number of nitrogens with zero attached hydrogens (tertiary/aromatic N) is 1. The van der Waals surface area contributed by atoms with Gasteiger partial charge in [-0.25, -0.2) is 0 Å². The van der Waals surface area contributed by atoms with Crippen molar-refractivity contribution in [2.75, 3.05) is 10.2 Å². The van der Waals surface area contributed by atoms with E-state index in [-0.39, 0.29) is 5.69 Å². The molecule has 0 saturated carbocycles. The van der Waals surface area contributed by atoms with Crippen molar-refractivity contribution in [3.8, 4) is 0 Å². The molecule has 9 heteroatoms. The molecular weight excluding hydrogens is 419 g/mol. The van der Waals surface area contributed by atoms with Gasteiger partial charge in [-0.2, -0.15) is 0 Å². The molecular formula is C20H16Cl2N2O5. The van der Waals surface area contributed by atoms with E-state index in [0.29, 0.717) is 15.7 Å². The van der Waals surface area contributed by atoms with Gasteiger partial charge in [-0.15, -0.1) is 0 Å². The van der Waals surface area contributed by atoms with E-state index in [0.717, 1.165) is 11.8 Å². The molecule has 7 nitrogen and oxygen atoms in total. The number of aliphatic hydroxyl groups is 1. The molecule has 0 unspecified atom stereocenters. The summed E-state index contributed by atoms with van der Waals surface area (Å²) in [7, 11) is 0. The minimum absolute atomic E-state index is 0.235. The molecule has 2 aliphatic rings. The Morgan fingerprint density at radius 3 is 2.31 bits per heavy atom. The molecule has 29 heavy (non-hydrogen) atoms. The van der Waals surface area contributed by atoms with Crippen molar-refractivity contribution in [2.45, 2.75) is 30.8 Å². The van der Waals surface area contributed by atoms with Gasteiger partial charge in [0.25, 0.3) is 11.8 Å². The van der Waals surface area contributed by atoms with Crippen LogP contribution in [0.2, 0.25) is 10.0 Å². The zero-order valence-corrected chi connectivity index (χ0v) is 16.9. The summed E-state index contributed by atoms with van der Waals surface area (Å²) < 4.78 is 5.49. The van der Waals surface area contributed by atoms with Crippen molar-refractivity contribution in [1.29, 1.82) is 0 Å². The number of ether oxygens (including phenoxy) is 1. The fourth-order valence-corrected chi connectivity index (χ4v) is 4.38. The summed E-state index contributed by atoms with van der Waals surface area (Å²) in [5, 5.41) is 14.6. The fourth-order valence-electron chi connectivity index (χ4n) is 4.00. The number of Topliss-reactive ketones (excluding diaryl/α,β-unsaturated/α-hetero) is 1. The van der Waals surface area contributed by atoms with Gasteiger partial charge in [0.1, 0.15) is 0 Å². The summed E-state index contributed by atoms with van der Waals surface area (Å²) in [6, 6.07) is 12.5. The van der Waals surface area contributed by atoms with Crippen LogP contribution in [0.15, 0.2) is 48.5 Å². The maximum Gasteiger partial charge on any atom is 0.273 e. The largest absolute Gasteiger partial charge is 0.367 e. The second-order valence-corrected chi connectivity index (χ2v) is 8.00. The van der Waals surface area contributed by atoms with Crippen molar-refractivity contribution in [3.63, 3.8) is 0 Å². The molecule has 2 saturated heterocycles. The average molecular weight is 435 g/mol. The number of carbonyl (C=O) groups is 3. The van der Waals surface area contributed by atoms with E-state index >= 15 is 0 Å². The lowest BCUT2D eigenvalue weighted by Crippen LogP contribution is -2.58. The number of carbonyl (C=O) groups excluding carboxylic acids is 3. The number of amides is 2. The lowest BCUT2D eigenvalue weighted by atomic mass is 9.85. The fraction of sp³-hybridized carbons (Fsp3) is 0.250. The van der Waals surface area contributed by atoms with Crippen molar-refractivity contribution in [1.82, 2.24) is 0 Å². The molecule has 150 valence electrons. The first kappa shape index (κ1) is 19.8. The van der Waals surface area contributed by atoms with Gasteiger partial charge >= 0.3 is 0 Å². The van der Waals surface area contributed by atoms with E-state index in [4.69, 9.17) is 27.9 Å². The van der Waals surface area contributed by atoms with Gasteiger partial charge in [-0.3, -0.25) is 19.3 Å². The quantitative estimate of drug-likeness (QED) is 0.569. The molecule has 2 amide bonds. The van der Waals surface area contributed by atoms with Crippen molar-refractivity contribution < 1.29 is 24.2 Å². The van der Waals surface area contributed by atoms with E-state index in [1.165, 1.54) is 19.1 Å². The standard InChI is InChI=1S/C20H16Cl2N2O5/c1-11(25)19-17(27)24(15-8-4-6-13(22)10-15)18(2,28)20(19,29-19)16(26)23-14-7-3-5-12(21)9-14/h3-10,28H,1-2H3,(H,23,26)/t18-,19+,20-/m1/s1. The summed E-state index contributed by atoms with van der Waals surface area (Å²) >= 11 is 12.0. The number of fused-ring (bicyclic) bond motifs is 1. The van der Waals surface area contributed by atoms with Gasteiger partial charge in [-0.05, 0) is 50.2 Å². The topological polar surface area (TPSA) is 99.2 Å². The number of anilines is 2. The minimum atomic E-state index is -2.16. The Morgan fingerprint density at radius 2 is 1.72 bits per heavy atom. The first-order valence-electron chi connectivity index (χ1n) is 8.69. The SMILES string of the molecule is CC(=O)[C@@]12O[C@]1(C(=O)Nc1cccc(Cl)c1)[C@@](C)(O)N(c1cccc(Cl)c1)C2=O. The Morgan fingerprint density at radius 1 is 1.10 bits per heavy atom. The number of hydrogen-bond donors (Lipinski definition) is 2. The zero-order chi connectivity index (χ0) is 21.2. The molecule has 0 bridgehead atoms. The molecule has 0 aromatic heterocycles. The van der Waals surface area contributed by atoms with Crippen LogP contribution in [0.4, 0.5) is 11.4 Å². The highest BCUT2D eigenvalue weighted by molar-refractivity contribution is 6.32. The van der Waals surface area contributed by atoms with Crippen molar-refractivity contribution in [2.24, 2.45) is 0 Å². The molecule has 0 spiro atoms. The van der Waals surface area contributed by atoms with Crippen molar-refractivity contribution >= 4 is 52.2 Å². The number of epoxide rings is 1. The van der Waals surface area contributed by atoms with Crippen LogP contribution in [0.5, 0.6) is 0 Å². The molecule has 2 aromatic rings. The highest BCUT2D eigenvalue weighted by Crippen LogP contribution is 2.63. The lowest BCUT2D eigenvalue weighted by molar-refractivity contribution is -0.136. The number of ketones is 1. The Labute approximate surface area is 176 Å². The van der Waals surface area contributed by atoms with Crippen LogP contribution in [0.1, 0.15) is 13.8 Å². The molecule has 0 radical (unpaired) electrons. The summed E-state index contributed by atoms with van der Waals surface area (Å²) in [6.45, 7) is 2.39. The van der Waals surface area contributed by atoms with Crippen molar-refractivity contribution in [3.05, 3.63) is 58.6 Å². The maximum absolute atomic E-state index is 13.2. The number of benzene rings is 2. The van der Waals surface area contributed by atoms with E-state index in [1.807, 2.05) is 0 Å². The average Bonchev–Trinajstić information content (AvgIpc) is 3.32. The first-order chi connectivity index (χ1) is 13.6. The third-order valence-corrected chi connectivity index (χ3v) is 5.80. The Kier molecular flexibility index (Phi) is 4.29. The van der Waals surface area contributed by atoms with Gasteiger partial charge in [-0.1, -0.05) is 35.3 Å². The van der Waals surface area contributed by atoms with Crippen LogP contribution in [-0.4, -0.2) is 39.6 Å². The number of nitrogens with one attached hydrogen (secondary N) is 1. The number of rotatable bonds is 4. The second kappa shape index (κ2) is 6.27. The monoisotopic (exact) mass is 434 g/mol. The van der Waals surface area contributed by atoms with Gasteiger partial charge in [0.05, 0.1) is 0 Å². The summed E-state index contributed by atoms with van der Waals surface area (Å²) in [4.78, 5) is 39.9. The molecule has 0 aliphatic carbocycles. The third kappa shape index (κ3) is 2.48. The Hall–Kier alpha value is -2.45. The highest BCUT2D eigenvalue weighted by Gasteiger charge is 2.95. The number of morpholine rings is 1. The van der Waals surface area contributed by atoms with E-state index < -0.39 is 34.5 Å². The molecule has 2 heterocycles. The predicted octanol–water partition coefficient (Wildman–Crippen LogP) is 2.78. The second-order valence-electron chi connectivity index (χ2n) is 7.13. The maximum atomic E-state index is 13.2. The van der Waals surface area contributed by atoms with Crippen LogP contribution in [0, 0.1) is 0 Å². The summed E-state index contributed by atoms with van der Waals surface area (Å²) in [6.07, 6.45) is 0. The minimum Gasteiger partial charge on any atom is -0.367 e. The highest BCUT2D eigenvalue weighted by atomic mass is 35.5. The van der Waals surface area contributed by atoms with Crippen LogP contribution in [0.25, 0.3) is 0 Å². The smallest absolute Gasteiger partial charge is 0.273 e. The Balaban J connectivity index is 1.80. The van der Waals surface area contributed by atoms with Crippen LogP contribution < -0.4 is 10.2 Å². The summed E-state index contributed by atoms with van der Waals surface area (Å²) in [5.74, 6) is -2.36.